The molecule has 0 aromatic carbocycles. The monoisotopic (exact) mass is 319 g/mol. The van der Waals surface area contributed by atoms with Gasteiger partial charge in [-0.15, -0.1) is 24.8 Å². The number of piperidine rings is 1. The minimum Gasteiger partial charge on any atom is -0.350 e. The van der Waals surface area contributed by atoms with E-state index in [1.165, 1.54) is 0 Å². The Balaban J connectivity index is 0.00000180. The molecule has 1 aromatic heterocycles. The molecular formula is C14H23Cl2N3O. The second-order valence-corrected chi connectivity index (χ2v) is 5.29. The fourth-order valence-electron chi connectivity index (χ4n) is 2.33. The summed E-state index contributed by atoms with van der Waals surface area (Å²) in [6.07, 6.45) is 3.78. The first-order valence-corrected chi connectivity index (χ1v) is 6.51. The van der Waals surface area contributed by atoms with Crippen LogP contribution in [0.1, 0.15) is 31.0 Å². The van der Waals surface area contributed by atoms with Crippen molar-refractivity contribution in [3.63, 3.8) is 0 Å². The normalized spacial score (nSPS) is 21.3. The molecule has 1 fully saturated rings. The molecule has 1 saturated heterocycles. The third kappa shape index (κ3) is 4.62. The predicted molar refractivity (Wildman–Crippen MR) is 85.5 cm³/mol. The van der Waals surface area contributed by atoms with Crippen LogP contribution in [0.3, 0.4) is 0 Å². The number of pyridine rings is 1. The number of aromatic nitrogens is 1. The quantitative estimate of drug-likeness (QED) is 0.898. The Morgan fingerprint density at radius 2 is 2.25 bits per heavy atom. The molecule has 1 atom stereocenters. The molecule has 20 heavy (non-hydrogen) atoms. The molecule has 1 aliphatic rings. The average molecular weight is 320 g/mol. The van der Waals surface area contributed by atoms with Crippen molar-refractivity contribution in [2.75, 3.05) is 13.1 Å². The minimum atomic E-state index is -0.277. The highest BCUT2D eigenvalue weighted by Gasteiger charge is 2.34. The van der Waals surface area contributed by atoms with Gasteiger partial charge in [0.05, 0.1) is 17.7 Å². The highest BCUT2D eigenvalue weighted by Crippen LogP contribution is 2.25. The lowest BCUT2D eigenvalue weighted by molar-refractivity contribution is -0.131. The highest BCUT2D eigenvalue weighted by molar-refractivity contribution is 5.85. The Morgan fingerprint density at radius 3 is 2.85 bits per heavy atom. The van der Waals surface area contributed by atoms with E-state index in [0.29, 0.717) is 6.54 Å². The largest absolute Gasteiger partial charge is 0.350 e. The second kappa shape index (κ2) is 8.45. The fourth-order valence-corrected chi connectivity index (χ4v) is 2.33. The molecule has 2 rings (SSSR count). The SMILES string of the molecule is Cc1cccnc1CNC(=O)C1(C)CCCNC1.Cl.Cl. The molecule has 1 aromatic rings. The molecular weight excluding hydrogens is 297 g/mol. The summed E-state index contributed by atoms with van der Waals surface area (Å²) in [6.45, 7) is 6.33. The number of nitrogens with one attached hydrogen (secondary N) is 2. The zero-order chi connectivity index (χ0) is 13.0. The summed E-state index contributed by atoms with van der Waals surface area (Å²) in [5.74, 6) is 0.125. The standard InChI is InChI=1S/C14H21N3O.2ClH/c1-11-5-3-8-16-12(11)9-17-13(18)14(2)6-4-7-15-10-14;;/h3,5,8,15H,4,6-7,9-10H2,1-2H3,(H,17,18);2*1H. The Hall–Kier alpha value is -0.840. The van der Waals surface area contributed by atoms with E-state index in [0.717, 1.165) is 37.2 Å². The van der Waals surface area contributed by atoms with Crippen molar-refractivity contribution in [1.29, 1.82) is 0 Å². The summed E-state index contributed by atoms with van der Waals surface area (Å²) in [7, 11) is 0. The van der Waals surface area contributed by atoms with Crippen LogP contribution in [0, 0.1) is 12.3 Å². The van der Waals surface area contributed by atoms with Gasteiger partial charge in [-0.1, -0.05) is 6.07 Å². The van der Waals surface area contributed by atoms with Crippen LogP contribution >= 0.6 is 24.8 Å². The van der Waals surface area contributed by atoms with Gasteiger partial charge in [0.1, 0.15) is 0 Å². The molecule has 1 amide bonds. The summed E-state index contributed by atoms with van der Waals surface area (Å²) < 4.78 is 0. The molecule has 0 bridgehead atoms. The first kappa shape index (κ1) is 19.2. The minimum absolute atomic E-state index is 0. The van der Waals surface area contributed by atoms with Crippen LogP contribution < -0.4 is 10.6 Å². The molecule has 0 saturated carbocycles. The number of hydrogen-bond donors (Lipinski definition) is 2. The summed E-state index contributed by atoms with van der Waals surface area (Å²) >= 11 is 0. The highest BCUT2D eigenvalue weighted by atomic mass is 35.5. The lowest BCUT2D eigenvalue weighted by Crippen LogP contribution is -2.48. The number of amides is 1. The average Bonchev–Trinajstić information content (AvgIpc) is 2.38. The Kier molecular flexibility index (Phi) is 8.09. The predicted octanol–water partition coefficient (Wildman–Crippen LogP) is 2.24. The molecule has 1 unspecified atom stereocenters. The Bertz CT molecular complexity index is 434. The lowest BCUT2D eigenvalue weighted by atomic mass is 9.82. The van der Waals surface area contributed by atoms with E-state index in [-0.39, 0.29) is 36.1 Å². The van der Waals surface area contributed by atoms with Gasteiger partial charge in [-0.25, -0.2) is 0 Å². The van der Waals surface area contributed by atoms with Crippen LogP contribution in [0.5, 0.6) is 0 Å². The molecule has 1 aliphatic heterocycles. The molecule has 114 valence electrons. The van der Waals surface area contributed by atoms with E-state index in [2.05, 4.69) is 15.6 Å². The molecule has 0 aliphatic carbocycles. The van der Waals surface area contributed by atoms with Gasteiger partial charge in [-0.05, 0) is 44.9 Å². The van der Waals surface area contributed by atoms with E-state index in [1.807, 2.05) is 26.0 Å². The molecule has 0 spiro atoms. The number of rotatable bonds is 3. The Labute approximate surface area is 132 Å². The maximum atomic E-state index is 12.2. The van der Waals surface area contributed by atoms with Crippen molar-refractivity contribution in [1.82, 2.24) is 15.6 Å². The third-order valence-electron chi connectivity index (χ3n) is 3.68. The van der Waals surface area contributed by atoms with Crippen LogP contribution in [-0.4, -0.2) is 24.0 Å². The summed E-state index contributed by atoms with van der Waals surface area (Å²) in [6, 6.07) is 3.92. The number of nitrogens with zero attached hydrogens (tertiary/aromatic N) is 1. The number of halogens is 2. The van der Waals surface area contributed by atoms with Crippen LogP contribution in [-0.2, 0) is 11.3 Å². The van der Waals surface area contributed by atoms with Crippen LogP contribution in [0.15, 0.2) is 18.3 Å². The van der Waals surface area contributed by atoms with E-state index in [4.69, 9.17) is 0 Å². The van der Waals surface area contributed by atoms with Crippen molar-refractivity contribution in [3.8, 4) is 0 Å². The van der Waals surface area contributed by atoms with Gasteiger partial charge < -0.3 is 10.6 Å². The van der Waals surface area contributed by atoms with Gasteiger partial charge in [0.2, 0.25) is 5.91 Å². The number of carbonyl (C=O) groups excluding carboxylic acids is 1. The van der Waals surface area contributed by atoms with Crippen LogP contribution in [0.2, 0.25) is 0 Å². The summed E-state index contributed by atoms with van der Waals surface area (Å²) in [5.41, 5.74) is 1.78. The summed E-state index contributed by atoms with van der Waals surface area (Å²) in [5, 5.41) is 6.30. The van der Waals surface area contributed by atoms with E-state index in [1.54, 1.807) is 6.20 Å². The van der Waals surface area contributed by atoms with Crippen LogP contribution in [0.25, 0.3) is 0 Å². The third-order valence-corrected chi connectivity index (χ3v) is 3.68. The zero-order valence-electron chi connectivity index (χ0n) is 11.9. The molecule has 0 radical (unpaired) electrons. The molecule has 4 nitrogen and oxygen atoms in total. The van der Waals surface area contributed by atoms with E-state index >= 15 is 0 Å². The fraction of sp³-hybridized carbons (Fsp3) is 0.571. The second-order valence-electron chi connectivity index (χ2n) is 5.29. The molecule has 2 heterocycles. The van der Waals surface area contributed by atoms with Crippen molar-refractivity contribution in [2.24, 2.45) is 5.41 Å². The van der Waals surface area contributed by atoms with Gasteiger partial charge in [-0.2, -0.15) is 0 Å². The number of hydrogen-bond acceptors (Lipinski definition) is 3. The van der Waals surface area contributed by atoms with Gasteiger partial charge in [0.15, 0.2) is 0 Å². The maximum Gasteiger partial charge on any atom is 0.227 e. The number of carbonyl (C=O) groups is 1. The molecule has 2 N–H and O–H groups in total. The lowest BCUT2D eigenvalue weighted by Gasteiger charge is -2.32. The van der Waals surface area contributed by atoms with E-state index in [9.17, 15) is 4.79 Å². The van der Waals surface area contributed by atoms with Crippen molar-refractivity contribution >= 4 is 30.7 Å². The zero-order valence-corrected chi connectivity index (χ0v) is 13.6. The van der Waals surface area contributed by atoms with Gasteiger partial charge in [0.25, 0.3) is 0 Å². The van der Waals surface area contributed by atoms with Gasteiger partial charge in [0, 0.05) is 12.7 Å². The first-order valence-electron chi connectivity index (χ1n) is 6.51. The van der Waals surface area contributed by atoms with Crippen molar-refractivity contribution in [2.45, 2.75) is 33.2 Å². The number of aryl methyl sites for hydroxylation is 1. The smallest absolute Gasteiger partial charge is 0.227 e. The topological polar surface area (TPSA) is 54.0 Å². The van der Waals surface area contributed by atoms with E-state index < -0.39 is 0 Å². The molecule has 6 heteroatoms. The Morgan fingerprint density at radius 1 is 1.50 bits per heavy atom. The summed E-state index contributed by atoms with van der Waals surface area (Å²) in [4.78, 5) is 16.5. The van der Waals surface area contributed by atoms with Crippen molar-refractivity contribution in [3.05, 3.63) is 29.6 Å². The van der Waals surface area contributed by atoms with Crippen LogP contribution in [0.4, 0.5) is 0 Å². The van der Waals surface area contributed by atoms with Crippen molar-refractivity contribution < 1.29 is 4.79 Å². The van der Waals surface area contributed by atoms with Gasteiger partial charge >= 0.3 is 0 Å². The van der Waals surface area contributed by atoms with Gasteiger partial charge in [-0.3, -0.25) is 9.78 Å². The maximum absolute atomic E-state index is 12.2. The first-order chi connectivity index (χ1) is 8.62.